The molecule has 0 bridgehead atoms. The molecular weight excluding hydrogens is 246 g/mol. The number of rotatable bonds is 5. The molecule has 0 fully saturated rings. The van der Waals surface area contributed by atoms with E-state index in [0.29, 0.717) is 6.42 Å². The maximum atomic E-state index is 9.34. The van der Waals surface area contributed by atoms with Gasteiger partial charge < -0.3 is 14.5 Å². The summed E-state index contributed by atoms with van der Waals surface area (Å²) in [6.07, 6.45) is 0.682. The Morgan fingerprint density at radius 2 is 1.18 bits per heavy atom. The van der Waals surface area contributed by atoms with Crippen LogP contribution in [0.1, 0.15) is 13.3 Å². The molecule has 0 amide bonds. The van der Waals surface area contributed by atoms with Crippen LogP contribution in [0, 0.1) is 30.3 Å². The van der Waals surface area contributed by atoms with Crippen molar-refractivity contribution in [3.63, 3.8) is 0 Å². The van der Waals surface area contributed by atoms with Gasteiger partial charge in [0.15, 0.2) is 0 Å². The molecule has 17 heavy (non-hydrogen) atoms. The van der Waals surface area contributed by atoms with Gasteiger partial charge in [0, 0.05) is 0 Å². The fourth-order valence-corrected chi connectivity index (χ4v) is 0.166. The topological polar surface area (TPSA) is 157 Å². The highest BCUT2D eigenvalue weighted by Crippen LogP contribution is 1.77. The molecule has 12 heteroatoms. The molecule has 0 saturated heterocycles. The van der Waals surface area contributed by atoms with Gasteiger partial charge >= 0.3 is 0 Å². The quantitative estimate of drug-likeness (QED) is 0.498. The second kappa shape index (κ2) is 16.0. The SMILES string of the molecule is CCCO[N+](=O)[O-].CO[N+](=O)[O-].CO[N+](=O)[O-]. The zero-order valence-corrected chi connectivity index (χ0v) is 9.43. The van der Waals surface area contributed by atoms with Gasteiger partial charge in [-0.2, -0.15) is 0 Å². The summed E-state index contributed by atoms with van der Waals surface area (Å²) in [4.78, 5) is 38.1. The first-order valence-corrected chi connectivity index (χ1v) is 3.96. The van der Waals surface area contributed by atoms with Gasteiger partial charge in [0.05, 0.1) is 20.8 Å². The van der Waals surface area contributed by atoms with Crippen molar-refractivity contribution in [2.45, 2.75) is 13.3 Å². The van der Waals surface area contributed by atoms with Crippen molar-refractivity contribution in [3.8, 4) is 0 Å². The Kier molecular flexibility index (Phi) is 18.9. The summed E-state index contributed by atoms with van der Waals surface area (Å²) in [5.74, 6) is 0. The smallest absolute Gasteiger partial charge is 0.294 e. The van der Waals surface area contributed by atoms with Gasteiger partial charge in [-0.25, -0.2) is 0 Å². The maximum absolute atomic E-state index is 9.34. The lowest BCUT2D eigenvalue weighted by molar-refractivity contribution is -0.757. The van der Waals surface area contributed by atoms with E-state index in [1.807, 2.05) is 6.92 Å². The van der Waals surface area contributed by atoms with E-state index in [0.717, 1.165) is 14.2 Å². The van der Waals surface area contributed by atoms with Crippen molar-refractivity contribution in [3.05, 3.63) is 30.3 Å². The van der Waals surface area contributed by atoms with Crippen LogP contribution in [0.4, 0.5) is 0 Å². The van der Waals surface area contributed by atoms with E-state index in [2.05, 4.69) is 14.5 Å². The molecule has 0 aromatic carbocycles. The van der Waals surface area contributed by atoms with E-state index in [1.165, 1.54) is 0 Å². The van der Waals surface area contributed by atoms with Gasteiger partial charge in [0.25, 0.3) is 15.3 Å². The molecule has 0 atom stereocenters. The zero-order chi connectivity index (χ0) is 14.3. The van der Waals surface area contributed by atoms with Gasteiger partial charge in [-0.05, 0) is 6.42 Å². The Morgan fingerprint density at radius 3 is 1.24 bits per heavy atom. The summed E-state index contributed by atoms with van der Waals surface area (Å²) in [5.41, 5.74) is 0. The average molecular weight is 259 g/mol. The fraction of sp³-hybridized carbons (Fsp3) is 1.00. The maximum Gasteiger partial charge on any atom is 0.294 e. The molecule has 12 nitrogen and oxygen atoms in total. The van der Waals surface area contributed by atoms with Gasteiger partial charge in [-0.15, -0.1) is 30.3 Å². The largest absolute Gasteiger partial charge is 0.317 e. The highest BCUT2D eigenvalue weighted by Gasteiger charge is 1.87. The van der Waals surface area contributed by atoms with Crippen molar-refractivity contribution >= 4 is 0 Å². The molecule has 102 valence electrons. The standard InChI is InChI=1S/C3H7NO3.2CH3NO3/c1-2-3-7-4(5)6;2*1-5-2(3)4/h2-3H2,1H3;2*1H3. The minimum atomic E-state index is -0.875. The van der Waals surface area contributed by atoms with Gasteiger partial charge in [-0.1, -0.05) is 6.92 Å². The van der Waals surface area contributed by atoms with Crippen LogP contribution in [0.5, 0.6) is 0 Å². The summed E-state index contributed by atoms with van der Waals surface area (Å²) < 4.78 is 0. The molecule has 0 aliphatic rings. The predicted molar refractivity (Wildman–Crippen MR) is 51.2 cm³/mol. The molecule has 0 saturated carbocycles. The second-order valence-corrected chi connectivity index (χ2v) is 1.87. The summed E-state index contributed by atoms with van der Waals surface area (Å²) >= 11 is 0. The molecule has 0 radical (unpaired) electrons. The van der Waals surface area contributed by atoms with Crippen molar-refractivity contribution < 1.29 is 29.8 Å². The third-order valence-electron chi connectivity index (χ3n) is 0.699. The Bertz CT molecular complexity index is 207. The minimum Gasteiger partial charge on any atom is -0.317 e. The Labute approximate surface area is 95.4 Å². The van der Waals surface area contributed by atoms with Crippen molar-refractivity contribution in [2.24, 2.45) is 0 Å². The normalized spacial score (nSPS) is 7.24. The molecular formula is C5H13N3O9. The highest BCUT2D eigenvalue weighted by molar-refractivity contribution is 4.14. The molecule has 0 heterocycles. The monoisotopic (exact) mass is 259 g/mol. The van der Waals surface area contributed by atoms with Crippen LogP contribution in [0.2, 0.25) is 0 Å². The second-order valence-electron chi connectivity index (χ2n) is 1.87. The van der Waals surface area contributed by atoms with Crippen LogP contribution >= 0.6 is 0 Å². The number of nitrogens with zero attached hydrogens (tertiary/aromatic N) is 3. The van der Waals surface area contributed by atoms with Crippen LogP contribution in [-0.4, -0.2) is 36.1 Å². The Balaban J connectivity index is -0.000000177. The highest BCUT2D eigenvalue weighted by atomic mass is 17.0. The predicted octanol–water partition coefficient (Wildman–Crippen LogP) is 0.254. The Hall–Kier alpha value is -2.40. The average Bonchev–Trinajstić information content (AvgIpc) is 2.27. The van der Waals surface area contributed by atoms with E-state index in [4.69, 9.17) is 20.2 Å². The summed E-state index contributed by atoms with van der Waals surface area (Å²) in [6, 6.07) is 0. The first-order valence-electron chi connectivity index (χ1n) is 3.96. The minimum absolute atomic E-state index is 0.201. The van der Waals surface area contributed by atoms with Crippen molar-refractivity contribution in [1.82, 2.24) is 0 Å². The van der Waals surface area contributed by atoms with Crippen LogP contribution in [0.3, 0.4) is 0 Å². The molecule has 0 spiro atoms. The summed E-state index contributed by atoms with van der Waals surface area (Å²) in [7, 11) is 2.00. The first kappa shape index (κ1) is 20.1. The first-order chi connectivity index (χ1) is 7.81. The lowest BCUT2D eigenvalue weighted by Gasteiger charge is -1.88. The Morgan fingerprint density at radius 1 is 0.882 bits per heavy atom. The zero-order valence-electron chi connectivity index (χ0n) is 9.43. The molecule has 0 unspecified atom stereocenters. The fourth-order valence-electron chi connectivity index (χ4n) is 0.166. The molecule has 0 rings (SSSR count). The number of hydrogen-bond acceptors (Lipinski definition) is 9. The molecule has 0 aliphatic heterocycles. The van der Waals surface area contributed by atoms with Gasteiger partial charge in [0.2, 0.25) is 0 Å². The van der Waals surface area contributed by atoms with E-state index in [-0.39, 0.29) is 6.61 Å². The van der Waals surface area contributed by atoms with Crippen LogP contribution in [-0.2, 0) is 14.5 Å². The third kappa shape index (κ3) is 58.4. The summed E-state index contributed by atoms with van der Waals surface area (Å²) in [6.45, 7) is 2.01. The van der Waals surface area contributed by atoms with Gasteiger partial charge in [-0.3, -0.25) is 0 Å². The van der Waals surface area contributed by atoms with Crippen molar-refractivity contribution in [1.29, 1.82) is 0 Å². The summed E-state index contributed by atoms with van der Waals surface area (Å²) in [5, 5.41) is 24.7. The van der Waals surface area contributed by atoms with Crippen LogP contribution in [0.15, 0.2) is 0 Å². The molecule has 0 aromatic heterocycles. The van der Waals surface area contributed by atoms with E-state index < -0.39 is 15.3 Å². The van der Waals surface area contributed by atoms with Crippen LogP contribution in [0.25, 0.3) is 0 Å². The molecule has 0 aromatic rings. The van der Waals surface area contributed by atoms with E-state index in [9.17, 15) is 10.1 Å². The van der Waals surface area contributed by atoms with Gasteiger partial charge in [0.1, 0.15) is 0 Å². The van der Waals surface area contributed by atoms with E-state index in [1.54, 1.807) is 0 Å². The lowest BCUT2D eigenvalue weighted by atomic mass is 10.5. The lowest BCUT2D eigenvalue weighted by Crippen LogP contribution is -1.99. The third-order valence-corrected chi connectivity index (χ3v) is 0.699. The van der Waals surface area contributed by atoms with Crippen LogP contribution < -0.4 is 0 Å². The van der Waals surface area contributed by atoms with E-state index >= 15 is 0 Å². The molecule has 0 N–H and O–H groups in total. The van der Waals surface area contributed by atoms with Crippen molar-refractivity contribution in [2.75, 3.05) is 20.8 Å². The molecule has 0 aliphatic carbocycles. The number of hydrogen-bond donors (Lipinski definition) is 0.